The Morgan fingerprint density at radius 3 is 3.00 bits per heavy atom. The van der Waals surface area contributed by atoms with Crippen molar-refractivity contribution < 1.29 is 4.79 Å². The van der Waals surface area contributed by atoms with Gasteiger partial charge >= 0.3 is 0 Å². The highest BCUT2D eigenvalue weighted by molar-refractivity contribution is 5.79. The Morgan fingerprint density at radius 1 is 1.71 bits per heavy atom. The van der Waals surface area contributed by atoms with Crippen LogP contribution in [0.1, 0.15) is 12.8 Å². The van der Waals surface area contributed by atoms with Gasteiger partial charge in [0.1, 0.15) is 6.04 Å². The summed E-state index contributed by atoms with van der Waals surface area (Å²) in [5.41, 5.74) is 5.29. The van der Waals surface area contributed by atoms with Crippen molar-refractivity contribution >= 4 is 5.91 Å². The number of nitrogens with zero attached hydrogens (tertiary/aromatic N) is 2. The largest absolute Gasteiger partial charge is 0.368 e. The first-order valence-corrected chi connectivity index (χ1v) is 4.77. The second-order valence-corrected chi connectivity index (χ2v) is 3.66. The monoisotopic (exact) mass is 194 g/mol. The Kier molecular flexibility index (Phi) is 2.49. The van der Waals surface area contributed by atoms with E-state index in [4.69, 9.17) is 5.73 Å². The number of primary amides is 1. The summed E-state index contributed by atoms with van der Waals surface area (Å²) in [5, 5.41) is 3.21. The standard InChI is InChI=1S/C9H14N4O/c10-9(14)8(12-7-1-2-7)5-13-4-3-11-6-13/h3-4,6-8,12H,1-2,5H2,(H2,10,14). The molecule has 0 aromatic carbocycles. The van der Waals surface area contributed by atoms with Crippen molar-refractivity contribution in [1.82, 2.24) is 14.9 Å². The molecule has 1 aliphatic rings. The molecular weight excluding hydrogens is 180 g/mol. The van der Waals surface area contributed by atoms with Gasteiger partial charge in [-0.05, 0) is 12.8 Å². The van der Waals surface area contributed by atoms with Crippen LogP contribution >= 0.6 is 0 Å². The van der Waals surface area contributed by atoms with Gasteiger partial charge in [-0.1, -0.05) is 0 Å². The molecule has 1 amide bonds. The first-order valence-electron chi connectivity index (χ1n) is 4.77. The lowest BCUT2D eigenvalue weighted by atomic mass is 10.2. The minimum Gasteiger partial charge on any atom is -0.368 e. The third-order valence-corrected chi connectivity index (χ3v) is 2.31. The van der Waals surface area contributed by atoms with Gasteiger partial charge < -0.3 is 15.6 Å². The fourth-order valence-electron chi connectivity index (χ4n) is 1.36. The Bertz CT molecular complexity index is 305. The summed E-state index contributed by atoms with van der Waals surface area (Å²) >= 11 is 0. The second-order valence-electron chi connectivity index (χ2n) is 3.66. The minimum absolute atomic E-state index is 0.281. The third kappa shape index (κ3) is 2.32. The quantitative estimate of drug-likeness (QED) is 0.663. The molecule has 0 radical (unpaired) electrons. The Morgan fingerprint density at radius 2 is 2.50 bits per heavy atom. The van der Waals surface area contributed by atoms with Gasteiger partial charge in [-0.3, -0.25) is 4.79 Å². The van der Waals surface area contributed by atoms with Crippen molar-refractivity contribution in [2.24, 2.45) is 5.73 Å². The van der Waals surface area contributed by atoms with Gasteiger partial charge in [0, 0.05) is 25.0 Å². The minimum atomic E-state index is -0.300. The summed E-state index contributed by atoms with van der Waals surface area (Å²) in [5.74, 6) is -0.300. The molecule has 1 heterocycles. The highest BCUT2D eigenvalue weighted by Gasteiger charge is 2.27. The molecule has 1 aromatic heterocycles. The number of hydrogen-bond donors (Lipinski definition) is 2. The van der Waals surface area contributed by atoms with Gasteiger partial charge in [0.25, 0.3) is 0 Å². The molecular formula is C9H14N4O. The predicted octanol–water partition coefficient (Wildman–Crippen LogP) is -0.511. The molecule has 2 rings (SSSR count). The average molecular weight is 194 g/mol. The SMILES string of the molecule is NC(=O)C(Cn1ccnc1)NC1CC1. The molecule has 0 aliphatic heterocycles. The maximum atomic E-state index is 11.1. The van der Waals surface area contributed by atoms with E-state index in [9.17, 15) is 4.79 Å². The van der Waals surface area contributed by atoms with Gasteiger partial charge in [0.15, 0.2) is 0 Å². The highest BCUT2D eigenvalue weighted by Crippen LogP contribution is 2.19. The molecule has 0 spiro atoms. The number of nitrogens with one attached hydrogen (secondary N) is 1. The number of carbonyl (C=O) groups excluding carboxylic acids is 1. The molecule has 1 saturated carbocycles. The zero-order valence-electron chi connectivity index (χ0n) is 7.89. The number of amides is 1. The molecule has 1 fully saturated rings. The summed E-state index contributed by atoms with van der Waals surface area (Å²) in [6.07, 6.45) is 7.49. The molecule has 3 N–H and O–H groups in total. The first kappa shape index (κ1) is 9.21. The van der Waals surface area contributed by atoms with E-state index in [0.717, 1.165) is 12.8 Å². The van der Waals surface area contributed by atoms with Gasteiger partial charge in [0.2, 0.25) is 5.91 Å². The highest BCUT2D eigenvalue weighted by atomic mass is 16.1. The Balaban J connectivity index is 1.92. The van der Waals surface area contributed by atoms with Crippen LogP contribution in [0, 0.1) is 0 Å². The van der Waals surface area contributed by atoms with E-state index < -0.39 is 0 Å². The van der Waals surface area contributed by atoms with Crippen molar-refractivity contribution in [3.8, 4) is 0 Å². The number of carbonyl (C=O) groups is 1. The molecule has 0 saturated heterocycles. The maximum absolute atomic E-state index is 11.1. The van der Waals surface area contributed by atoms with E-state index in [1.54, 1.807) is 12.5 Å². The smallest absolute Gasteiger partial charge is 0.236 e. The molecule has 14 heavy (non-hydrogen) atoms. The summed E-state index contributed by atoms with van der Waals surface area (Å²) < 4.78 is 1.85. The van der Waals surface area contributed by atoms with Crippen molar-refractivity contribution in [2.75, 3.05) is 0 Å². The van der Waals surface area contributed by atoms with Crippen LogP contribution in [0.25, 0.3) is 0 Å². The van der Waals surface area contributed by atoms with Crippen LogP contribution < -0.4 is 11.1 Å². The zero-order valence-corrected chi connectivity index (χ0v) is 7.89. The van der Waals surface area contributed by atoms with Crippen LogP contribution in [0.4, 0.5) is 0 Å². The molecule has 1 atom stereocenters. The lowest BCUT2D eigenvalue weighted by molar-refractivity contribution is -0.120. The van der Waals surface area contributed by atoms with Crippen molar-refractivity contribution in [1.29, 1.82) is 0 Å². The van der Waals surface area contributed by atoms with Crippen LogP contribution in [-0.2, 0) is 11.3 Å². The number of rotatable bonds is 5. The van der Waals surface area contributed by atoms with Gasteiger partial charge in [-0.25, -0.2) is 4.98 Å². The summed E-state index contributed by atoms with van der Waals surface area (Å²) in [6.45, 7) is 0.561. The van der Waals surface area contributed by atoms with E-state index >= 15 is 0 Å². The third-order valence-electron chi connectivity index (χ3n) is 2.31. The number of nitrogens with two attached hydrogens (primary N) is 1. The van der Waals surface area contributed by atoms with E-state index in [0.29, 0.717) is 12.6 Å². The lowest BCUT2D eigenvalue weighted by Crippen LogP contribution is -2.45. The van der Waals surface area contributed by atoms with E-state index in [1.165, 1.54) is 0 Å². The fraction of sp³-hybridized carbons (Fsp3) is 0.556. The fourth-order valence-corrected chi connectivity index (χ4v) is 1.36. The second kappa shape index (κ2) is 3.79. The Hall–Kier alpha value is -1.36. The van der Waals surface area contributed by atoms with Crippen molar-refractivity contribution in [2.45, 2.75) is 31.5 Å². The van der Waals surface area contributed by atoms with Gasteiger partial charge in [-0.15, -0.1) is 0 Å². The number of imidazole rings is 1. The van der Waals surface area contributed by atoms with Gasteiger partial charge in [0.05, 0.1) is 6.33 Å². The predicted molar refractivity (Wildman–Crippen MR) is 51.4 cm³/mol. The molecule has 76 valence electrons. The first-order chi connectivity index (χ1) is 6.75. The van der Waals surface area contributed by atoms with E-state index in [2.05, 4.69) is 10.3 Å². The van der Waals surface area contributed by atoms with Crippen molar-refractivity contribution in [3.63, 3.8) is 0 Å². The maximum Gasteiger partial charge on any atom is 0.236 e. The van der Waals surface area contributed by atoms with Crippen LogP contribution in [0.15, 0.2) is 18.7 Å². The van der Waals surface area contributed by atoms with Crippen molar-refractivity contribution in [3.05, 3.63) is 18.7 Å². The van der Waals surface area contributed by atoms with Gasteiger partial charge in [-0.2, -0.15) is 0 Å². The molecule has 1 aliphatic carbocycles. The van der Waals surface area contributed by atoms with E-state index in [1.807, 2.05) is 10.8 Å². The number of aromatic nitrogens is 2. The molecule has 1 unspecified atom stereocenters. The molecule has 1 aromatic rings. The molecule has 5 heteroatoms. The normalized spacial score (nSPS) is 18.0. The lowest BCUT2D eigenvalue weighted by Gasteiger charge is -2.15. The molecule has 0 bridgehead atoms. The van der Waals surface area contributed by atoms with Crippen LogP contribution in [-0.4, -0.2) is 27.5 Å². The molecule has 5 nitrogen and oxygen atoms in total. The summed E-state index contributed by atoms with van der Waals surface area (Å²) in [4.78, 5) is 15.0. The average Bonchev–Trinajstić information content (AvgIpc) is 2.80. The van der Waals surface area contributed by atoms with E-state index in [-0.39, 0.29) is 11.9 Å². The number of hydrogen-bond acceptors (Lipinski definition) is 3. The zero-order chi connectivity index (χ0) is 9.97. The van der Waals surface area contributed by atoms with Crippen LogP contribution in [0.5, 0.6) is 0 Å². The van der Waals surface area contributed by atoms with Crippen LogP contribution in [0.2, 0.25) is 0 Å². The van der Waals surface area contributed by atoms with Crippen LogP contribution in [0.3, 0.4) is 0 Å². The summed E-state index contributed by atoms with van der Waals surface area (Å²) in [7, 11) is 0. The topological polar surface area (TPSA) is 72.9 Å². The summed E-state index contributed by atoms with van der Waals surface area (Å²) in [6, 6.07) is 0.202. The Labute approximate surface area is 82.3 Å².